The number of carbonyl (C=O) groups is 1. The van der Waals surface area contributed by atoms with Crippen LogP contribution >= 0.6 is 11.6 Å². The molecule has 2 aromatic rings. The van der Waals surface area contributed by atoms with Gasteiger partial charge in [0.05, 0.1) is 11.9 Å². The number of carbonyl (C=O) groups excluding carboxylic acids is 1. The molecule has 134 valence electrons. The van der Waals surface area contributed by atoms with Crippen molar-refractivity contribution in [1.82, 2.24) is 5.32 Å². The number of amides is 1. The molecule has 7 heteroatoms. The summed E-state index contributed by atoms with van der Waals surface area (Å²) in [5.74, 6) is -0.374. The molecule has 0 unspecified atom stereocenters. The van der Waals surface area contributed by atoms with Gasteiger partial charge in [-0.2, -0.15) is 0 Å². The third-order valence-corrected chi connectivity index (χ3v) is 5.25. The molecule has 0 aliphatic heterocycles. The van der Waals surface area contributed by atoms with Gasteiger partial charge < -0.3 is 5.32 Å². The zero-order valence-electron chi connectivity index (χ0n) is 14.4. The average Bonchev–Trinajstić information content (AvgIpc) is 2.54. The van der Waals surface area contributed by atoms with Gasteiger partial charge in [0.2, 0.25) is 15.9 Å². The van der Waals surface area contributed by atoms with Gasteiger partial charge in [-0.05, 0) is 43.7 Å². The number of nitrogens with one attached hydrogen (secondary N) is 1. The van der Waals surface area contributed by atoms with Gasteiger partial charge in [-0.3, -0.25) is 9.10 Å². The second kappa shape index (κ2) is 7.89. The van der Waals surface area contributed by atoms with Crippen molar-refractivity contribution in [2.75, 3.05) is 10.6 Å². The summed E-state index contributed by atoms with van der Waals surface area (Å²) in [6, 6.07) is 13.2. The normalized spacial score (nSPS) is 12.5. The zero-order chi connectivity index (χ0) is 18.6. The molecule has 0 heterocycles. The number of aryl methyl sites for hydroxylation is 1. The van der Waals surface area contributed by atoms with Crippen LogP contribution in [0.4, 0.5) is 5.69 Å². The number of rotatable bonds is 6. The Balaban J connectivity index is 2.15. The van der Waals surface area contributed by atoms with Crippen molar-refractivity contribution in [1.29, 1.82) is 0 Å². The van der Waals surface area contributed by atoms with Gasteiger partial charge in [0, 0.05) is 11.6 Å². The van der Waals surface area contributed by atoms with Gasteiger partial charge in [-0.15, -0.1) is 0 Å². The Hall–Kier alpha value is -2.05. The van der Waals surface area contributed by atoms with Gasteiger partial charge in [0.15, 0.2) is 0 Å². The van der Waals surface area contributed by atoms with Gasteiger partial charge >= 0.3 is 0 Å². The molecule has 1 atom stereocenters. The Labute approximate surface area is 153 Å². The van der Waals surface area contributed by atoms with Crippen molar-refractivity contribution in [3.8, 4) is 0 Å². The first-order valence-corrected chi connectivity index (χ1v) is 9.99. The van der Waals surface area contributed by atoms with Crippen LogP contribution in [0, 0.1) is 6.92 Å². The standard InChI is InChI=1S/C18H21ClN2O3S/c1-13-4-6-15(7-5-13)12-20-18(22)14(2)21(25(3,23)24)17-10-8-16(19)9-11-17/h4-11,14H,12H2,1-3H3,(H,20,22)/t14-/m0/s1. The fourth-order valence-corrected chi connectivity index (χ4v) is 3.74. The van der Waals surface area contributed by atoms with Crippen molar-refractivity contribution in [3.05, 3.63) is 64.7 Å². The van der Waals surface area contributed by atoms with Crippen LogP contribution in [0.5, 0.6) is 0 Å². The maximum atomic E-state index is 12.5. The van der Waals surface area contributed by atoms with Crippen LogP contribution in [0.2, 0.25) is 5.02 Å². The minimum absolute atomic E-state index is 0.335. The summed E-state index contributed by atoms with van der Waals surface area (Å²) < 4.78 is 25.5. The summed E-state index contributed by atoms with van der Waals surface area (Å²) in [6.45, 7) is 3.88. The molecule has 0 bridgehead atoms. The molecular formula is C18H21ClN2O3S. The van der Waals surface area contributed by atoms with Crippen LogP contribution in [0.1, 0.15) is 18.1 Å². The lowest BCUT2D eigenvalue weighted by molar-refractivity contribution is -0.122. The van der Waals surface area contributed by atoms with Crippen LogP contribution in [0.25, 0.3) is 0 Å². The summed E-state index contributed by atoms with van der Waals surface area (Å²) in [5, 5.41) is 3.27. The number of hydrogen-bond donors (Lipinski definition) is 1. The molecule has 0 fully saturated rings. The van der Waals surface area contributed by atoms with Crippen molar-refractivity contribution in [2.24, 2.45) is 0 Å². The highest BCUT2D eigenvalue weighted by molar-refractivity contribution is 7.92. The summed E-state index contributed by atoms with van der Waals surface area (Å²) in [6.07, 6.45) is 1.07. The number of anilines is 1. The fraction of sp³-hybridized carbons (Fsp3) is 0.278. The molecule has 0 radical (unpaired) electrons. The summed E-state index contributed by atoms with van der Waals surface area (Å²) in [7, 11) is -3.63. The van der Waals surface area contributed by atoms with Crippen LogP contribution in [-0.4, -0.2) is 26.6 Å². The molecule has 0 aliphatic carbocycles. The quantitative estimate of drug-likeness (QED) is 0.837. The van der Waals surface area contributed by atoms with Crippen molar-refractivity contribution in [2.45, 2.75) is 26.4 Å². The predicted octanol–water partition coefficient (Wildman–Crippen LogP) is 3.12. The van der Waals surface area contributed by atoms with E-state index in [1.165, 1.54) is 0 Å². The van der Waals surface area contributed by atoms with E-state index in [0.717, 1.165) is 21.7 Å². The van der Waals surface area contributed by atoms with Crippen molar-refractivity contribution < 1.29 is 13.2 Å². The number of sulfonamides is 1. The zero-order valence-corrected chi connectivity index (χ0v) is 15.9. The number of benzene rings is 2. The second-order valence-electron chi connectivity index (χ2n) is 5.91. The Morgan fingerprint density at radius 3 is 2.20 bits per heavy atom. The lowest BCUT2D eigenvalue weighted by Gasteiger charge is -2.28. The van der Waals surface area contributed by atoms with Crippen LogP contribution in [0.3, 0.4) is 0 Å². The van der Waals surface area contributed by atoms with Gasteiger partial charge in [-0.25, -0.2) is 8.42 Å². The molecular weight excluding hydrogens is 360 g/mol. The molecule has 25 heavy (non-hydrogen) atoms. The highest BCUT2D eigenvalue weighted by Crippen LogP contribution is 2.23. The van der Waals surface area contributed by atoms with Crippen LogP contribution in [0.15, 0.2) is 48.5 Å². The highest BCUT2D eigenvalue weighted by atomic mass is 35.5. The molecule has 2 rings (SSSR count). The summed E-state index contributed by atoms with van der Waals surface area (Å²) >= 11 is 5.85. The molecule has 0 aliphatic rings. The molecule has 5 nitrogen and oxygen atoms in total. The van der Waals surface area contributed by atoms with E-state index in [-0.39, 0.29) is 5.91 Å². The summed E-state index contributed by atoms with van der Waals surface area (Å²) in [4.78, 5) is 12.5. The monoisotopic (exact) mass is 380 g/mol. The van der Waals surface area contributed by atoms with E-state index in [1.54, 1.807) is 31.2 Å². The first kappa shape index (κ1) is 19.3. The Morgan fingerprint density at radius 1 is 1.12 bits per heavy atom. The lowest BCUT2D eigenvalue weighted by Crippen LogP contribution is -2.47. The smallest absolute Gasteiger partial charge is 0.243 e. The van der Waals surface area contributed by atoms with Gasteiger partial charge in [-0.1, -0.05) is 41.4 Å². The maximum absolute atomic E-state index is 12.5. The number of nitrogens with zero attached hydrogens (tertiary/aromatic N) is 1. The van der Waals surface area contributed by atoms with Gasteiger partial charge in [0.25, 0.3) is 0 Å². The highest BCUT2D eigenvalue weighted by Gasteiger charge is 2.28. The summed E-state index contributed by atoms with van der Waals surface area (Å²) in [5.41, 5.74) is 2.47. The topological polar surface area (TPSA) is 66.5 Å². The van der Waals surface area contributed by atoms with Crippen molar-refractivity contribution >= 4 is 33.2 Å². The lowest BCUT2D eigenvalue weighted by atomic mass is 10.1. The van der Waals surface area contributed by atoms with E-state index >= 15 is 0 Å². The van der Waals surface area contributed by atoms with Crippen LogP contribution in [-0.2, 0) is 21.4 Å². The molecule has 0 saturated heterocycles. The fourth-order valence-electron chi connectivity index (χ4n) is 2.44. The van der Waals surface area contributed by atoms with Gasteiger partial charge in [0.1, 0.15) is 6.04 Å². The SMILES string of the molecule is Cc1ccc(CNC(=O)[C@H](C)N(c2ccc(Cl)cc2)S(C)(=O)=O)cc1. The first-order chi connectivity index (χ1) is 11.7. The number of halogens is 1. The van der Waals surface area contributed by atoms with E-state index in [4.69, 9.17) is 11.6 Å². The van der Waals surface area contributed by atoms with E-state index < -0.39 is 16.1 Å². The van der Waals surface area contributed by atoms with E-state index in [2.05, 4.69) is 5.32 Å². The van der Waals surface area contributed by atoms with E-state index in [0.29, 0.717) is 17.3 Å². The molecule has 2 aromatic carbocycles. The minimum atomic E-state index is -3.63. The molecule has 1 N–H and O–H groups in total. The Bertz CT molecular complexity index is 834. The second-order valence-corrected chi connectivity index (χ2v) is 8.21. The third-order valence-electron chi connectivity index (χ3n) is 3.76. The Kier molecular flexibility index (Phi) is 6.08. The Morgan fingerprint density at radius 2 is 1.68 bits per heavy atom. The largest absolute Gasteiger partial charge is 0.350 e. The first-order valence-electron chi connectivity index (χ1n) is 7.76. The molecule has 1 amide bonds. The minimum Gasteiger partial charge on any atom is -0.350 e. The third kappa shape index (κ3) is 5.21. The van der Waals surface area contributed by atoms with E-state index in [9.17, 15) is 13.2 Å². The predicted molar refractivity (Wildman–Crippen MR) is 101 cm³/mol. The molecule has 0 aromatic heterocycles. The van der Waals surface area contributed by atoms with Crippen molar-refractivity contribution in [3.63, 3.8) is 0 Å². The average molecular weight is 381 g/mol. The van der Waals surface area contributed by atoms with Crippen LogP contribution < -0.4 is 9.62 Å². The van der Waals surface area contributed by atoms with E-state index in [1.807, 2.05) is 31.2 Å². The molecule has 0 spiro atoms. The number of hydrogen-bond acceptors (Lipinski definition) is 3. The molecule has 0 saturated carbocycles. The maximum Gasteiger partial charge on any atom is 0.243 e.